The number of benzene rings is 1. The number of ether oxygens (including phenoxy) is 1. The van der Waals surface area contributed by atoms with Crippen LogP contribution in [0.1, 0.15) is 72.6 Å². The van der Waals surface area contributed by atoms with Gasteiger partial charge in [0.25, 0.3) is 5.69 Å². The Hall–Kier alpha value is -3.90. The van der Waals surface area contributed by atoms with Crippen LogP contribution in [-0.4, -0.2) is 39.1 Å². The predicted octanol–water partition coefficient (Wildman–Crippen LogP) is 6.30. The first-order valence-corrected chi connectivity index (χ1v) is 15.0. The van der Waals surface area contributed by atoms with Crippen molar-refractivity contribution in [3.05, 3.63) is 60.2 Å². The molecule has 0 unspecified atom stereocenters. The van der Waals surface area contributed by atoms with Crippen molar-refractivity contribution in [2.24, 2.45) is 45.5 Å². The molecule has 0 spiro atoms. The molecule has 4 aliphatic carbocycles. The van der Waals surface area contributed by atoms with Crippen LogP contribution in [0, 0.1) is 70.8 Å². The normalized spacial score (nSPS) is 35.1. The number of esters is 1. The number of fused-ring (bicyclic) bond motifs is 5. The van der Waals surface area contributed by atoms with Gasteiger partial charge in [-0.2, -0.15) is 5.10 Å². The molecule has 0 bridgehead atoms. The van der Waals surface area contributed by atoms with E-state index in [2.05, 4.69) is 30.5 Å². The van der Waals surface area contributed by atoms with E-state index in [1.54, 1.807) is 0 Å². The van der Waals surface area contributed by atoms with E-state index in [1.165, 1.54) is 24.6 Å². The van der Waals surface area contributed by atoms with Crippen LogP contribution in [0.15, 0.2) is 34.9 Å². The molecule has 232 valence electrons. The van der Waals surface area contributed by atoms with Crippen molar-refractivity contribution in [1.82, 2.24) is 0 Å². The molecule has 0 radical (unpaired) electrons. The molecule has 1 aromatic carbocycles. The molecule has 3 fully saturated rings. The maximum Gasteiger partial charge on any atom is 0.302 e. The minimum Gasteiger partial charge on any atom is -0.462 e. The summed E-state index contributed by atoms with van der Waals surface area (Å²) in [4.78, 5) is 44.5. The number of allylic oxidation sites excluding steroid dienone is 1. The van der Waals surface area contributed by atoms with Crippen LogP contribution in [-0.2, 0) is 9.53 Å². The molecule has 0 heterocycles. The number of nitro groups is 3. The molecule has 5 rings (SSSR count). The van der Waals surface area contributed by atoms with E-state index in [4.69, 9.17) is 4.74 Å². The molecule has 13 nitrogen and oxygen atoms in total. The molecule has 43 heavy (non-hydrogen) atoms. The van der Waals surface area contributed by atoms with E-state index in [0.717, 1.165) is 44.6 Å². The second-order valence-corrected chi connectivity index (χ2v) is 13.3. The average molecular weight is 598 g/mol. The number of carbonyl (C=O) groups is 1. The molecule has 8 atom stereocenters. The number of anilines is 1. The number of nitrogens with zero attached hydrogens (tertiary/aromatic N) is 4. The molecule has 0 aromatic heterocycles. The highest BCUT2D eigenvalue weighted by atomic mass is 16.6. The highest BCUT2D eigenvalue weighted by Crippen LogP contribution is 2.67. The number of hydrazone groups is 1. The predicted molar refractivity (Wildman–Crippen MR) is 158 cm³/mol. The van der Waals surface area contributed by atoms with Crippen LogP contribution >= 0.6 is 0 Å². The topological polar surface area (TPSA) is 180 Å². The molecule has 0 amide bonds. The Balaban J connectivity index is 1.43. The van der Waals surface area contributed by atoms with Gasteiger partial charge < -0.3 is 4.74 Å². The Bertz CT molecular complexity index is 1410. The molecule has 1 N–H and O–H groups in total. The summed E-state index contributed by atoms with van der Waals surface area (Å²) < 4.78 is 5.56. The van der Waals surface area contributed by atoms with Crippen molar-refractivity contribution in [3.8, 4) is 0 Å². The van der Waals surface area contributed by atoms with Crippen LogP contribution in [0.5, 0.6) is 0 Å². The fourth-order valence-electron chi connectivity index (χ4n) is 9.43. The van der Waals surface area contributed by atoms with Gasteiger partial charge in [-0.15, -0.1) is 0 Å². The molecule has 1 aromatic rings. The van der Waals surface area contributed by atoms with Crippen LogP contribution in [0.4, 0.5) is 17.1 Å². The molecule has 0 aliphatic heterocycles. The number of carbonyl (C=O) groups excluding carboxylic acids is 1. The maximum absolute atomic E-state index is 11.8. The van der Waals surface area contributed by atoms with E-state index in [0.29, 0.717) is 24.0 Å². The van der Waals surface area contributed by atoms with Gasteiger partial charge in [-0.25, -0.2) is 0 Å². The van der Waals surface area contributed by atoms with Gasteiger partial charge in [-0.05, 0) is 80.1 Å². The van der Waals surface area contributed by atoms with Crippen molar-refractivity contribution in [2.75, 3.05) is 12.0 Å². The number of nitro benzene ring substituents is 2. The second kappa shape index (κ2) is 11.3. The van der Waals surface area contributed by atoms with Gasteiger partial charge in [0.2, 0.25) is 6.54 Å². The molecule has 13 heteroatoms. The summed E-state index contributed by atoms with van der Waals surface area (Å²) in [7, 11) is 0. The lowest BCUT2D eigenvalue weighted by molar-refractivity contribution is -0.489. The van der Waals surface area contributed by atoms with Gasteiger partial charge in [0.1, 0.15) is 11.8 Å². The number of non-ortho nitro benzene ring substituents is 1. The van der Waals surface area contributed by atoms with Crippen molar-refractivity contribution in [1.29, 1.82) is 0 Å². The second-order valence-electron chi connectivity index (χ2n) is 13.3. The Morgan fingerprint density at radius 1 is 1.07 bits per heavy atom. The Kier molecular flexibility index (Phi) is 8.03. The zero-order chi connectivity index (χ0) is 31.3. The van der Waals surface area contributed by atoms with E-state index in [9.17, 15) is 35.1 Å². The third kappa shape index (κ3) is 5.49. The lowest BCUT2D eigenvalue weighted by Crippen LogP contribution is -2.51. The largest absolute Gasteiger partial charge is 0.462 e. The summed E-state index contributed by atoms with van der Waals surface area (Å²) in [5.74, 6) is 0.372. The first-order valence-electron chi connectivity index (χ1n) is 15.0. The fourth-order valence-corrected chi connectivity index (χ4v) is 9.43. The van der Waals surface area contributed by atoms with Gasteiger partial charge in [0, 0.05) is 41.9 Å². The van der Waals surface area contributed by atoms with Crippen molar-refractivity contribution in [3.63, 3.8) is 0 Å². The summed E-state index contributed by atoms with van der Waals surface area (Å²) in [6, 6.07) is 3.33. The quantitative estimate of drug-likeness (QED) is 0.118. The zero-order valence-electron chi connectivity index (χ0n) is 25.0. The van der Waals surface area contributed by atoms with Crippen molar-refractivity contribution >= 4 is 28.7 Å². The molecule has 0 saturated heterocycles. The number of rotatable bonds is 8. The minimum absolute atomic E-state index is 0.0110. The van der Waals surface area contributed by atoms with Crippen LogP contribution in [0.2, 0.25) is 0 Å². The van der Waals surface area contributed by atoms with Gasteiger partial charge in [0.15, 0.2) is 0 Å². The smallest absolute Gasteiger partial charge is 0.302 e. The van der Waals surface area contributed by atoms with E-state index >= 15 is 0 Å². The van der Waals surface area contributed by atoms with Crippen LogP contribution in [0.3, 0.4) is 0 Å². The number of hydrogen-bond donors (Lipinski definition) is 1. The number of hydrogen-bond acceptors (Lipinski definition) is 10. The van der Waals surface area contributed by atoms with Crippen molar-refractivity contribution in [2.45, 2.75) is 78.7 Å². The zero-order valence-corrected chi connectivity index (χ0v) is 25.0. The number of nitrogens with one attached hydrogen (secondary N) is 1. The highest BCUT2D eigenvalue weighted by molar-refractivity contribution is 5.87. The first kappa shape index (κ1) is 30.6. The van der Waals surface area contributed by atoms with Crippen molar-refractivity contribution < 1.29 is 24.3 Å². The summed E-state index contributed by atoms with van der Waals surface area (Å²) in [5.41, 5.74) is 3.69. The van der Waals surface area contributed by atoms with Crippen LogP contribution < -0.4 is 5.43 Å². The molecular weight excluding hydrogens is 558 g/mol. The third-order valence-electron chi connectivity index (χ3n) is 11.1. The van der Waals surface area contributed by atoms with Gasteiger partial charge in [-0.3, -0.25) is 40.6 Å². The lowest BCUT2D eigenvalue weighted by Gasteiger charge is -2.58. The Labute approximate surface area is 249 Å². The average Bonchev–Trinajstić information content (AvgIpc) is 3.22. The summed E-state index contributed by atoms with van der Waals surface area (Å²) in [6.07, 6.45) is 8.28. The first-order chi connectivity index (χ1) is 20.2. The Morgan fingerprint density at radius 3 is 2.47 bits per heavy atom. The minimum atomic E-state index is -0.699. The fraction of sp³-hybridized carbons (Fsp3) is 0.667. The monoisotopic (exact) mass is 597 g/mol. The summed E-state index contributed by atoms with van der Waals surface area (Å²) in [6.45, 7) is 7.66. The van der Waals surface area contributed by atoms with E-state index < -0.39 is 21.2 Å². The maximum atomic E-state index is 11.8. The molecule has 3 saturated carbocycles. The summed E-state index contributed by atoms with van der Waals surface area (Å²) >= 11 is 0. The molecular formula is C30H39N5O8. The van der Waals surface area contributed by atoms with Gasteiger partial charge >= 0.3 is 11.7 Å². The SMILES string of the molecule is CC(=O)O[C@H]1CC[C@@]2(C)C(=CC[C@@H]3[C@H]4C[C@@H](C[N+](=O)[O-])[C@@H](C(C)=NNc5ccc([N+](=O)[O-])cc5[N+](=O)[O-])[C@@]4(C)CC[C@H]32)C1. The lowest BCUT2D eigenvalue weighted by atomic mass is 9.47. The Morgan fingerprint density at radius 2 is 1.81 bits per heavy atom. The van der Waals surface area contributed by atoms with Gasteiger partial charge in [0.05, 0.1) is 15.9 Å². The standard InChI is InChI=1S/C30H39N5O8/c1-17(31-32-26-8-6-21(34(39)40)15-27(26)35(41)42)28-19(16-33(37)38)13-25-23-7-5-20-14-22(43-18(2)36)9-11-29(20,3)24(23)10-12-30(25,28)4/h5-6,8,15,19,22-25,28,32H,7,9-14,16H2,1-4H3/t19-,22-,23-,24+,25+,28+,29-,30-/m0/s1. The van der Waals surface area contributed by atoms with E-state index in [1.807, 2.05) is 6.92 Å². The van der Waals surface area contributed by atoms with Gasteiger partial charge in [-0.1, -0.05) is 25.5 Å². The summed E-state index contributed by atoms with van der Waals surface area (Å²) in [5, 5.41) is 39.1. The highest BCUT2D eigenvalue weighted by Gasteiger charge is 2.62. The van der Waals surface area contributed by atoms with E-state index in [-0.39, 0.29) is 57.8 Å². The molecule has 4 aliphatic rings. The third-order valence-corrected chi connectivity index (χ3v) is 11.1. The van der Waals surface area contributed by atoms with Crippen LogP contribution in [0.25, 0.3) is 0 Å².